The summed E-state index contributed by atoms with van der Waals surface area (Å²) in [5.41, 5.74) is 2.30. The van der Waals surface area contributed by atoms with Crippen LogP contribution in [0.3, 0.4) is 0 Å². The van der Waals surface area contributed by atoms with E-state index in [0.29, 0.717) is 46.7 Å². The molecular weight excluding hydrogens is 376 g/mol. The van der Waals surface area contributed by atoms with Crippen molar-refractivity contribution in [2.45, 2.75) is 18.9 Å². The number of benzene rings is 1. The highest BCUT2D eigenvalue weighted by Crippen LogP contribution is 2.37. The highest BCUT2D eigenvalue weighted by Gasteiger charge is 2.23. The zero-order chi connectivity index (χ0) is 18.7. The monoisotopic (exact) mass is 392 g/mol. The first kappa shape index (κ1) is 15.9. The molecule has 1 aromatic carbocycles. The average molecular weight is 392 g/mol. The van der Waals surface area contributed by atoms with Crippen LogP contribution in [0.25, 0.3) is 26.1 Å². The number of nitrogens with one attached hydrogen (secondary N) is 1. The van der Waals surface area contributed by atoms with Crippen LogP contribution in [0.2, 0.25) is 0 Å². The Morgan fingerprint density at radius 1 is 1.11 bits per heavy atom. The molecular formula is C20H16N4O3S. The number of pyridine rings is 1. The molecule has 140 valence electrons. The summed E-state index contributed by atoms with van der Waals surface area (Å²) in [4.78, 5) is 23.1. The van der Waals surface area contributed by atoms with E-state index < -0.39 is 0 Å². The number of anilines is 1. The number of fused-ring (bicyclic) bond motifs is 4. The molecule has 0 saturated heterocycles. The molecule has 0 unspecified atom stereocenters. The third-order valence-electron chi connectivity index (χ3n) is 5.02. The van der Waals surface area contributed by atoms with Crippen molar-refractivity contribution in [1.29, 1.82) is 0 Å². The summed E-state index contributed by atoms with van der Waals surface area (Å²) >= 11 is 1.38. The average Bonchev–Trinajstić information content (AvgIpc) is 3.45. The maximum atomic E-state index is 13.2. The first-order chi connectivity index (χ1) is 13.8. The summed E-state index contributed by atoms with van der Waals surface area (Å²) in [5.74, 6) is 1.34. The molecule has 3 aromatic heterocycles. The van der Waals surface area contributed by atoms with Crippen LogP contribution in [0.15, 0.2) is 41.6 Å². The van der Waals surface area contributed by atoms with Crippen molar-refractivity contribution < 1.29 is 9.47 Å². The van der Waals surface area contributed by atoms with Crippen LogP contribution < -0.4 is 20.3 Å². The first-order valence-corrected chi connectivity index (χ1v) is 10.0. The second-order valence-corrected chi connectivity index (χ2v) is 7.98. The summed E-state index contributed by atoms with van der Waals surface area (Å²) in [5, 5.41) is 4.46. The van der Waals surface area contributed by atoms with E-state index in [2.05, 4.69) is 15.3 Å². The van der Waals surface area contributed by atoms with Crippen LogP contribution in [0.4, 0.5) is 5.69 Å². The molecule has 1 saturated carbocycles. The topological polar surface area (TPSA) is 78.3 Å². The number of rotatable bonds is 3. The maximum Gasteiger partial charge on any atom is 0.275 e. The Labute approximate surface area is 163 Å². The molecule has 0 amide bonds. The molecule has 4 heterocycles. The fourth-order valence-corrected chi connectivity index (χ4v) is 4.54. The lowest BCUT2D eigenvalue weighted by atomic mass is 10.2. The Bertz CT molecular complexity index is 1290. The fraction of sp³-hybridized carbons (Fsp3) is 0.250. The molecule has 7 nitrogen and oxygen atoms in total. The lowest BCUT2D eigenvalue weighted by Gasteiger charge is -2.19. The van der Waals surface area contributed by atoms with E-state index in [-0.39, 0.29) is 5.56 Å². The van der Waals surface area contributed by atoms with Gasteiger partial charge in [0.2, 0.25) is 0 Å². The minimum absolute atomic E-state index is 0.109. The molecule has 8 heteroatoms. The zero-order valence-electron chi connectivity index (χ0n) is 14.8. The van der Waals surface area contributed by atoms with Gasteiger partial charge in [0.1, 0.15) is 29.1 Å². The molecule has 1 aliphatic carbocycles. The summed E-state index contributed by atoms with van der Waals surface area (Å²) in [6.45, 7) is 1.03. The van der Waals surface area contributed by atoms with Crippen molar-refractivity contribution in [2.24, 2.45) is 0 Å². The molecule has 1 N–H and O–H groups in total. The highest BCUT2D eigenvalue weighted by atomic mass is 32.1. The zero-order valence-corrected chi connectivity index (χ0v) is 15.7. The van der Waals surface area contributed by atoms with E-state index in [1.54, 1.807) is 17.1 Å². The number of nitrogens with zero attached hydrogens (tertiary/aromatic N) is 3. The van der Waals surface area contributed by atoms with Crippen LogP contribution in [0.1, 0.15) is 12.8 Å². The van der Waals surface area contributed by atoms with Crippen molar-refractivity contribution in [2.75, 3.05) is 18.5 Å². The van der Waals surface area contributed by atoms with Gasteiger partial charge < -0.3 is 14.8 Å². The van der Waals surface area contributed by atoms with Crippen LogP contribution in [-0.4, -0.2) is 33.8 Å². The normalized spacial score (nSPS) is 15.9. The Hall–Kier alpha value is -3.13. The minimum atomic E-state index is -0.109. The van der Waals surface area contributed by atoms with Gasteiger partial charge in [-0.2, -0.15) is 0 Å². The SMILES string of the molecule is O=c1c2sc3nccc(NC4CC4)c3c2ncn1-c1ccc2c(c1)OCCO2. The van der Waals surface area contributed by atoms with Crippen LogP contribution >= 0.6 is 11.3 Å². The predicted molar refractivity (Wildman–Crippen MR) is 108 cm³/mol. The molecule has 1 aliphatic heterocycles. The molecule has 0 atom stereocenters. The molecule has 4 aromatic rings. The van der Waals surface area contributed by atoms with Crippen molar-refractivity contribution >= 4 is 37.5 Å². The molecule has 0 radical (unpaired) electrons. The minimum Gasteiger partial charge on any atom is -0.486 e. The van der Waals surface area contributed by atoms with Gasteiger partial charge in [0.25, 0.3) is 5.56 Å². The smallest absolute Gasteiger partial charge is 0.275 e. The van der Waals surface area contributed by atoms with E-state index >= 15 is 0 Å². The maximum absolute atomic E-state index is 13.2. The Kier molecular flexibility index (Phi) is 3.37. The van der Waals surface area contributed by atoms with Gasteiger partial charge in [-0.3, -0.25) is 9.36 Å². The van der Waals surface area contributed by atoms with Crippen LogP contribution in [0.5, 0.6) is 11.5 Å². The molecule has 28 heavy (non-hydrogen) atoms. The fourth-order valence-electron chi connectivity index (χ4n) is 3.49. The van der Waals surface area contributed by atoms with Crippen LogP contribution in [0, 0.1) is 0 Å². The second-order valence-electron chi connectivity index (χ2n) is 6.98. The highest BCUT2D eigenvalue weighted by molar-refractivity contribution is 7.25. The number of ether oxygens (including phenoxy) is 2. The number of aromatic nitrogens is 3. The first-order valence-electron chi connectivity index (χ1n) is 9.23. The molecule has 2 aliphatic rings. The largest absolute Gasteiger partial charge is 0.486 e. The molecule has 6 rings (SSSR count). The second kappa shape index (κ2) is 5.93. The standard InChI is InChI=1S/C20H16N4O3S/c25-20-18-17(16-13(23-11-1-2-11)5-6-21-19(16)28-18)22-10-24(20)12-3-4-14-15(9-12)27-8-7-26-14/h3-6,9-11H,1-2,7-8H2,(H,21,23). The van der Waals surface area contributed by atoms with Gasteiger partial charge in [0, 0.05) is 24.0 Å². The van der Waals surface area contributed by atoms with E-state index in [9.17, 15) is 4.79 Å². The van der Waals surface area contributed by atoms with Gasteiger partial charge in [-0.05, 0) is 31.0 Å². The van der Waals surface area contributed by atoms with E-state index in [4.69, 9.17) is 9.47 Å². The van der Waals surface area contributed by atoms with Gasteiger partial charge in [-0.15, -0.1) is 11.3 Å². The summed E-state index contributed by atoms with van der Waals surface area (Å²) in [6, 6.07) is 7.95. The Morgan fingerprint density at radius 2 is 1.96 bits per heavy atom. The van der Waals surface area contributed by atoms with Gasteiger partial charge >= 0.3 is 0 Å². The van der Waals surface area contributed by atoms with Crippen molar-refractivity contribution in [1.82, 2.24) is 14.5 Å². The predicted octanol–water partition coefficient (Wildman–Crippen LogP) is 3.34. The van der Waals surface area contributed by atoms with Crippen LogP contribution in [-0.2, 0) is 0 Å². The van der Waals surface area contributed by atoms with Gasteiger partial charge in [-0.1, -0.05) is 0 Å². The van der Waals surface area contributed by atoms with Crippen molar-refractivity contribution in [3.8, 4) is 17.2 Å². The van der Waals surface area contributed by atoms with Crippen molar-refractivity contribution in [3.05, 3.63) is 47.1 Å². The van der Waals surface area contributed by atoms with Gasteiger partial charge in [0.05, 0.1) is 16.6 Å². The molecule has 1 fully saturated rings. The lowest BCUT2D eigenvalue weighted by molar-refractivity contribution is 0.171. The van der Waals surface area contributed by atoms with Crippen molar-refractivity contribution in [3.63, 3.8) is 0 Å². The Morgan fingerprint density at radius 3 is 2.82 bits per heavy atom. The lowest BCUT2D eigenvalue weighted by Crippen LogP contribution is -2.19. The number of thiophene rings is 1. The summed E-state index contributed by atoms with van der Waals surface area (Å²) < 4.78 is 13.4. The third kappa shape index (κ3) is 2.45. The number of hydrogen-bond acceptors (Lipinski definition) is 7. The number of hydrogen-bond donors (Lipinski definition) is 1. The van der Waals surface area contributed by atoms with E-state index in [1.165, 1.54) is 24.2 Å². The Balaban J connectivity index is 1.53. The molecule has 0 bridgehead atoms. The quantitative estimate of drug-likeness (QED) is 0.576. The molecule has 0 spiro atoms. The summed E-state index contributed by atoms with van der Waals surface area (Å²) in [6.07, 6.45) is 5.71. The third-order valence-corrected chi connectivity index (χ3v) is 6.10. The van der Waals surface area contributed by atoms with E-state index in [1.807, 2.05) is 24.3 Å². The van der Waals surface area contributed by atoms with Gasteiger partial charge in [-0.25, -0.2) is 9.97 Å². The van der Waals surface area contributed by atoms with Gasteiger partial charge in [0.15, 0.2) is 11.5 Å². The van der Waals surface area contributed by atoms with E-state index in [0.717, 1.165) is 15.9 Å². The summed E-state index contributed by atoms with van der Waals surface area (Å²) in [7, 11) is 0.